The van der Waals surface area contributed by atoms with E-state index in [0.29, 0.717) is 0 Å². The normalized spacial score (nSPS) is 11.0. The number of carbonyl (C=O) groups excluding carboxylic acids is 6. The van der Waals surface area contributed by atoms with Crippen LogP contribution in [-0.2, 0) is 43.0 Å². The van der Waals surface area contributed by atoms with Gasteiger partial charge in [-0.1, -0.05) is 0 Å². The van der Waals surface area contributed by atoms with Crippen molar-refractivity contribution in [1.82, 2.24) is 0 Å². The number of allylic oxidation sites excluding steroid dienone is 3. The molecule has 0 saturated heterocycles. The SMILES string of the molecule is CC(=O)/C=C/C(=O)OC(OC(=O)/C=C/C(C)=O)OC(=O)/C=C/C(C)=O. The first-order valence-corrected chi connectivity index (χ1v) is 6.78. The van der Waals surface area contributed by atoms with Crippen molar-refractivity contribution in [3.63, 3.8) is 0 Å². The lowest BCUT2D eigenvalue weighted by molar-refractivity contribution is -0.250. The third kappa shape index (κ3) is 12.8. The van der Waals surface area contributed by atoms with E-state index in [4.69, 9.17) is 0 Å². The maximum atomic E-state index is 11.5. The highest BCUT2D eigenvalue weighted by Crippen LogP contribution is 2.03. The van der Waals surface area contributed by atoms with E-state index in [1.807, 2.05) is 0 Å². The summed E-state index contributed by atoms with van der Waals surface area (Å²) in [4.78, 5) is 66.6. The van der Waals surface area contributed by atoms with Crippen LogP contribution in [0.3, 0.4) is 0 Å². The van der Waals surface area contributed by atoms with Crippen LogP contribution in [0.5, 0.6) is 0 Å². The molecule has 0 aromatic rings. The van der Waals surface area contributed by atoms with E-state index in [1.54, 1.807) is 0 Å². The van der Waals surface area contributed by atoms with Crippen LogP contribution in [0.25, 0.3) is 0 Å². The van der Waals surface area contributed by atoms with Gasteiger partial charge in [0.05, 0.1) is 0 Å². The molecular weight excluding hydrogens is 336 g/mol. The van der Waals surface area contributed by atoms with Gasteiger partial charge in [0.15, 0.2) is 17.3 Å². The quantitative estimate of drug-likeness (QED) is 0.327. The molecule has 0 rings (SSSR count). The van der Waals surface area contributed by atoms with Crippen molar-refractivity contribution in [2.24, 2.45) is 0 Å². The molecular formula is C16H16O9. The highest BCUT2D eigenvalue weighted by Gasteiger charge is 2.21. The Labute approximate surface area is 142 Å². The lowest BCUT2D eigenvalue weighted by atomic mass is 10.4. The van der Waals surface area contributed by atoms with Gasteiger partial charge in [0.1, 0.15) is 0 Å². The van der Waals surface area contributed by atoms with E-state index < -0.39 is 41.7 Å². The van der Waals surface area contributed by atoms with Gasteiger partial charge < -0.3 is 14.2 Å². The zero-order chi connectivity index (χ0) is 19.4. The number of ketones is 3. The molecule has 0 radical (unpaired) electrons. The summed E-state index contributed by atoms with van der Waals surface area (Å²) in [5, 5.41) is 0. The summed E-state index contributed by atoms with van der Waals surface area (Å²) in [7, 11) is 0. The second kappa shape index (κ2) is 11.2. The lowest BCUT2D eigenvalue weighted by Crippen LogP contribution is -2.28. The molecule has 0 atom stereocenters. The first-order valence-electron chi connectivity index (χ1n) is 6.78. The molecule has 0 unspecified atom stereocenters. The van der Waals surface area contributed by atoms with Crippen LogP contribution in [0.2, 0.25) is 0 Å². The first kappa shape index (κ1) is 21.6. The third-order valence-electron chi connectivity index (χ3n) is 2.00. The van der Waals surface area contributed by atoms with E-state index in [1.165, 1.54) is 20.8 Å². The topological polar surface area (TPSA) is 130 Å². The molecule has 0 amide bonds. The Hall–Kier alpha value is -3.36. The molecule has 9 heteroatoms. The van der Waals surface area contributed by atoms with Gasteiger partial charge in [0, 0.05) is 18.2 Å². The molecule has 134 valence electrons. The molecule has 0 N–H and O–H groups in total. The minimum atomic E-state index is -2.09. The summed E-state index contributed by atoms with van der Waals surface area (Å²) in [5.74, 6) is -4.74. The number of carbonyl (C=O) groups is 6. The largest absolute Gasteiger partial charge is 0.413 e. The first-order chi connectivity index (χ1) is 11.6. The average Bonchev–Trinajstić information content (AvgIpc) is 2.48. The van der Waals surface area contributed by atoms with E-state index in [0.717, 1.165) is 36.5 Å². The maximum absolute atomic E-state index is 11.5. The Morgan fingerprint density at radius 1 is 0.520 bits per heavy atom. The minimum Gasteiger partial charge on any atom is -0.387 e. The van der Waals surface area contributed by atoms with Crippen LogP contribution in [0, 0.1) is 0 Å². The summed E-state index contributed by atoms with van der Waals surface area (Å²) in [5.41, 5.74) is 0. The molecule has 0 aromatic carbocycles. The molecule has 0 bridgehead atoms. The van der Waals surface area contributed by atoms with Crippen LogP contribution in [0.15, 0.2) is 36.5 Å². The number of hydrogen-bond donors (Lipinski definition) is 0. The van der Waals surface area contributed by atoms with Gasteiger partial charge in [0.2, 0.25) is 0 Å². The molecule has 0 fully saturated rings. The lowest BCUT2D eigenvalue weighted by Gasteiger charge is -2.15. The second-order valence-corrected chi connectivity index (χ2v) is 4.43. The average molecular weight is 352 g/mol. The summed E-state index contributed by atoms with van der Waals surface area (Å²) < 4.78 is 13.7. The van der Waals surface area contributed by atoms with E-state index >= 15 is 0 Å². The van der Waals surface area contributed by atoms with Crippen LogP contribution >= 0.6 is 0 Å². The van der Waals surface area contributed by atoms with E-state index in [2.05, 4.69) is 14.2 Å². The predicted octanol–water partition coefficient (Wildman–Crippen LogP) is 0.335. The molecule has 0 aromatic heterocycles. The Kier molecular flexibility index (Phi) is 9.71. The standard InChI is InChI=1S/C16H16O9/c1-10(17)4-7-13(20)23-16(24-14(21)8-5-11(2)18)25-15(22)9-6-12(3)19/h4-9,16H,1-3H3/b7-4+,8-5+,9-6+. The Bertz CT molecular complexity index is 562. The van der Waals surface area contributed by atoms with Crippen molar-refractivity contribution in [1.29, 1.82) is 0 Å². The number of rotatable bonds is 9. The van der Waals surface area contributed by atoms with Crippen molar-refractivity contribution in [2.75, 3.05) is 0 Å². The molecule has 0 aliphatic rings. The third-order valence-corrected chi connectivity index (χ3v) is 2.00. The van der Waals surface area contributed by atoms with Gasteiger partial charge in [-0.2, -0.15) is 0 Å². The van der Waals surface area contributed by atoms with Gasteiger partial charge in [0.25, 0.3) is 0 Å². The molecule has 0 saturated carbocycles. The van der Waals surface area contributed by atoms with Crippen molar-refractivity contribution in [3.05, 3.63) is 36.5 Å². The summed E-state index contributed by atoms with van der Waals surface area (Å²) in [6, 6.07) is 0. The summed E-state index contributed by atoms with van der Waals surface area (Å²) in [6.45, 7) is 1.46. The van der Waals surface area contributed by atoms with Crippen molar-refractivity contribution in [3.8, 4) is 0 Å². The number of hydrogen-bond acceptors (Lipinski definition) is 9. The van der Waals surface area contributed by atoms with Crippen LogP contribution in [-0.4, -0.2) is 41.7 Å². The van der Waals surface area contributed by atoms with E-state index in [-0.39, 0.29) is 0 Å². The fourth-order valence-corrected chi connectivity index (χ4v) is 1.03. The van der Waals surface area contributed by atoms with Gasteiger partial charge in [-0.3, -0.25) is 14.4 Å². The summed E-state index contributed by atoms with van der Waals surface area (Å²) >= 11 is 0. The van der Waals surface area contributed by atoms with Crippen LogP contribution < -0.4 is 0 Å². The van der Waals surface area contributed by atoms with Crippen molar-refractivity contribution in [2.45, 2.75) is 27.2 Å². The molecule has 25 heavy (non-hydrogen) atoms. The molecule has 9 nitrogen and oxygen atoms in total. The van der Waals surface area contributed by atoms with Crippen LogP contribution in [0.4, 0.5) is 0 Å². The summed E-state index contributed by atoms with van der Waals surface area (Å²) in [6.07, 6.45) is 4.84. The number of esters is 3. The predicted molar refractivity (Wildman–Crippen MR) is 81.5 cm³/mol. The van der Waals surface area contributed by atoms with E-state index in [9.17, 15) is 28.8 Å². The molecule has 0 aliphatic carbocycles. The van der Waals surface area contributed by atoms with Crippen molar-refractivity contribution >= 4 is 35.3 Å². The van der Waals surface area contributed by atoms with Crippen LogP contribution in [0.1, 0.15) is 20.8 Å². The molecule has 0 aliphatic heterocycles. The van der Waals surface area contributed by atoms with Gasteiger partial charge in [-0.05, 0) is 39.0 Å². The van der Waals surface area contributed by atoms with Crippen molar-refractivity contribution < 1.29 is 43.0 Å². The number of ether oxygens (including phenoxy) is 3. The Morgan fingerprint density at radius 3 is 0.960 bits per heavy atom. The highest BCUT2D eigenvalue weighted by molar-refractivity contribution is 5.96. The molecule has 0 heterocycles. The van der Waals surface area contributed by atoms with Gasteiger partial charge >= 0.3 is 24.4 Å². The maximum Gasteiger partial charge on any atom is 0.413 e. The zero-order valence-corrected chi connectivity index (χ0v) is 13.7. The fraction of sp³-hybridized carbons (Fsp3) is 0.250. The molecule has 0 spiro atoms. The fourth-order valence-electron chi connectivity index (χ4n) is 1.03. The monoisotopic (exact) mass is 352 g/mol. The zero-order valence-electron chi connectivity index (χ0n) is 13.7. The van der Waals surface area contributed by atoms with Gasteiger partial charge in [-0.25, -0.2) is 14.4 Å². The Balaban J connectivity index is 5.03. The Morgan fingerprint density at radius 2 is 0.760 bits per heavy atom. The van der Waals surface area contributed by atoms with Gasteiger partial charge in [-0.15, -0.1) is 0 Å². The smallest absolute Gasteiger partial charge is 0.387 e. The minimum absolute atomic E-state index is 0.448. The highest BCUT2D eigenvalue weighted by atomic mass is 16.9. The second-order valence-electron chi connectivity index (χ2n) is 4.43.